The van der Waals surface area contributed by atoms with Gasteiger partial charge in [0.15, 0.2) is 0 Å². The molecule has 3 heterocycles. The molecule has 0 bridgehead atoms. The molecule has 1 aliphatic rings. The van der Waals surface area contributed by atoms with Crippen molar-refractivity contribution in [3.8, 4) is 6.07 Å². The molecule has 0 saturated carbocycles. The Morgan fingerprint density at radius 3 is 2.39 bits per heavy atom. The quantitative estimate of drug-likeness (QED) is 0.548. The second kappa shape index (κ2) is 8.81. The number of benzene rings is 1. The molecule has 0 atom stereocenters. The lowest BCUT2D eigenvalue weighted by Crippen LogP contribution is -2.45. The number of aromatic nitrogens is 2. The number of anilines is 1. The second-order valence-electron chi connectivity index (χ2n) is 8.27. The number of nitriles is 1. The van der Waals surface area contributed by atoms with Crippen LogP contribution in [0.3, 0.4) is 0 Å². The zero-order chi connectivity index (χ0) is 23.8. The summed E-state index contributed by atoms with van der Waals surface area (Å²) in [7, 11) is -2.08. The first-order valence-corrected chi connectivity index (χ1v) is 12.1. The number of aryl methyl sites for hydroxylation is 2. The van der Waals surface area contributed by atoms with E-state index in [4.69, 9.17) is 4.98 Å². The zero-order valence-corrected chi connectivity index (χ0v) is 19.6. The first-order chi connectivity index (χ1) is 15.7. The van der Waals surface area contributed by atoms with Crippen LogP contribution in [0.5, 0.6) is 0 Å². The molecule has 0 unspecified atom stereocenters. The number of sulfone groups is 1. The molecule has 1 aromatic carbocycles. The highest BCUT2D eigenvalue weighted by Gasteiger charge is 2.25. The summed E-state index contributed by atoms with van der Waals surface area (Å²) < 4.78 is 27.8. The van der Waals surface area contributed by atoms with Gasteiger partial charge in [0.1, 0.15) is 22.4 Å². The zero-order valence-electron chi connectivity index (χ0n) is 18.8. The van der Waals surface area contributed by atoms with Crippen LogP contribution in [0.15, 0.2) is 57.2 Å². The number of rotatable bonds is 4. The van der Waals surface area contributed by atoms with Gasteiger partial charge in [-0.3, -0.25) is 9.20 Å². The monoisotopic (exact) mass is 463 g/mol. The Labute approximate surface area is 192 Å². The van der Waals surface area contributed by atoms with Crippen molar-refractivity contribution in [1.82, 2.24) is 14.3 Å². The fourth-order valence-electron chi connectivity index (χ4n) is 3.83. The molecule has 33 heavy (non-hydrogen) atoms. The van der Waals surface area contributed by atoms with Crippen LogP contribution in [0.1, 0.15) is 16.7 Å². The maximum Gasteiger partial charge on any atom is 0.267 e. The molecular formula is C24H25N5O3S. The lowest BCUT2D eigenvalue weighted by Gasteiger charge is -2.34. The summed E-state index contributed by atoms with van der Waals surface area (Å²) in [6.07, 6.45) is 2.77. The van der Waals surface area contributed by atoms with Gasteiger partial charge in [0.2, 0.25) is 9.84 Å². The number of allylic oxidation sites excluding steroid dienone is 1. The van der Waals surface area contributed by atoms with E-state index in [1.165, 1.54) is 22.6 Å². The largest absolute Gasteiger partial charge is 0.353 e. The SMILES string of the molecule is Cc1ccc(S(=O)(=O)/C(C#N)=C/c2c(N3CCN(C)CC3)nc3c(C)cccn3c2=O)cc1. The van der Waals surface area contributed by atoms with Crippen molar-refractivity contribution >= 4 is 27.4 Å². The molecule has 0 aliphatic carbocycles. The molecule has 0 spiro atoms. The normalized spacial score (nSPS) is 15.6. The van der Waals surface area contributed by atoms with Crippen LogP contribution in [0.2, 0.25) is 0 Å². The predicted octanol–water partition coefficient (Wildman–Crippen LogP) is 2.40. The van der Waals surface area contributed by atoms with E-state index < -0.39 is 20.3 Å². The predicted molar refractivity (Wildman–Crippen MR) is 128 cm³/mol. The van der Waals surface area contributed by atoms with Crippen LogP contribution in [0.25, 0.3) is 11.7 Å². The van der Waals surface area contributed by atoms with E-state index in [-0.39, 0.29) is 10.5 Å². The molecule has 3 aromatic rings. The van der Waals surface area contributed by atoms with Crippen LogP contribution in [-0.2, 0) is 9.84 Å². The Hall–Kier alpha value is -3.48. The van der Waals surface area contributed by atoms with E-state index in [1.54, 1.807) is 30.5 Å². The van der Waals surface area contributed by atoms with Crippen molar-refractivity contribution in [3.05, 3.63) is 74.5 Å². The smallest absolute Gasteiger partial charge is 0.267 e. The highest BCUT2D eigenvalue weighted by molar-refractivity contribution is 7.95. The van der Waals surface area contributed by atoms with Gasteiger partial charge in [-0.25, -0.2) is 13.4 Å². The molecule has 0 amide bonds. The summed E-state index contributed by atoms with van der Waals surface area (Å²) >= 11 is 0. The third kappa shape index (κ3) is 4.27. The summed E-state index contributed by atoms with van der Waals surface area (Å²) in [4.78, 5) is 21.9. The van der Waals surface area contributed by atoms with Gasteiger partial charge in [0.25, 0.3) is 5.56 Å². The lowest BCUT2D eigenvalue weighted by molar-refractivity contribution is 0.312. The summed E-state index contributed by atoms with van der Waals surface area (Å²) in [5.74, 6) is 0.397. The minimum absolute atomic E-state index is 0.00624. The highest BCUT2D eigenvalue weighted by atomic mass is 32.2. The average molecular weight is 464 g/mol. The Balaban J connectivity index is 1.95. The van der Waals surface area contributed by atoms with Crippen LogP contribution in [0, 0.1) is 25.2 Å². The van der Waals surface area contributed by atoms with Crippen molar-refractivity contribution in [1.29, 1.82) is 5.26 Å². The minimum atomic E-state index is -4.10. The third-order valence-corrected chi connectivity index (χ3v) is 7.55. The van der Waals surface area contributed by atoms with Crippen LogP contribution >= 0.6 is 0 Å². The average Bonchev–Trinajstić information content (AvgIpc) is 2.79. The van der Waals surface area contributed by atoms with E-state index in [1.807, 2.05) is 31.9 Å². The van der Waals surface area contributed by atoms with Crippen molar-refractivity contribution in [2.24, 2.45) is 0 Å². The second-order valence-corrected chi connectivity index (χ2v) is 10.2. The number of likely N-dealkylation sites (N-methyl/N-ethyl adjacent to an activating group) is 1. The van der Waals surface area contributed by atoms with E-state index in [0.29, 0.717) is 24.6 Å². The highest BCUT2D eigenvalue weighted by Crippen LogP contribution is 2.25. The first kappa shape index (κ1) is 22.7. The number of pyridine rings is 1. The van der Waals surface area contributed by atoms with E-state index >= 15 is 0 Å². The minimum Gasteiger partial charge on any atom is -0.353 e. The van der Waals surface area contributed by atoms with Gasteiger partial charge in [0, 0.05) is 32.4 Å². The molecule has 170 valence electrons. The molecule has 1 aliphatic heterocycles. The summed E-state index contributed by atoms with van der Waals surface area (Å²) in [6, 6.07) is 11.7. The fourth-order valence-corrected chi connectivity index (χ4v) is 4.97. The van der Waals surface area contributed by atoms with Crippen LogP contribution in [0.4, 0.5) is 5.82 Å². The molecule has 0 N–H and O–H groups in total. The molecule has 2 aromatic heterocycles. The van der Waals surface area contributed by atoms with Gasteiger partial charge in [-0.05, 0) is 50.7 Å². The lowest BCUT2D eigenvalue weighted by atomic mass is 10.2. The Kier molecular flexibility index (Phi) is 6.06. The summed E-state index contributed by atoms with van der Waals surface area (Å²) in [5, 5.41) is 9.78. The van der Waals surface area contributed by atoms with Crippen LogP contribution < -0.4 is 10.5 Å². The van der Waals surface area contributed by atoms with Gasteiger partial charge in [-0.15, -0.1) is 0 Å². The molecule has 1 fully saturated rings. The van der Waals surface area contributed by atoms with E-state index in [0.717, 1.165) is 24.2 Å². The standard InChI is InChI=1S/C24H25N5O3S/c1-17-6-8-19(9-7-17)33(31,32)20(16-25)15-21-23(28-13-11-27(3)12-14-28)26-22-18(2)5-4-10-29(22)24(21)30/h4-10,15H,11-14H2,1-3H3/b20-15+. The number of hydrogen-bond donors (Lipinski definition) is 0. The molecular weight excluding hydrogens is 438 g/mol. The topological polar surface area (TPSA) is 98.8 Å². The molecule has 1 saturated heterocycles. The first-order valence-electron chi connectivity index (χ1n) is 10.6. The summed E-state index contributed by atoms with van der Waals surface area (Å²) in [5.41, 5.74) is 1.92. The van der Waals surface area contributed by atoms with Crippen molar-refractivity contribution < 1.29 is 8.42 Å². The molecule has 8 nitrogen and oxygen atoms in total. The van der Waals surface area contributed by atoms with Crippen molar-refractivity contribution in [2.75, 3.05) is 38.1 Å². The third-order valence-electron chi connectivity index (χ3n) is 5.87. The Bertz CT molecular complexity index is 1440. The maximum atomic E-state index is 13.5. The van der Waals surface area contributed by atoms with Gasteiger partial charge in [-0.2, -0.15) is 5.26 Å². The number of piperazine rings is 1. The number of nitrogens with zero attached hydrogens (tertiary/aromatic N) is 5. The van der Waals surface area contributed by atoms with Crippen LogP contribution in [-0.4, -0.2) is 55.9 Å². The molecule has 9 heteroatoms. The van der Waals surface area contributed by atoms with Gasteiger partial charge in [-0.1, -0.05) is 23.8 Å². The Morgan fingerprint density at radius 1 is 1.09 bits per heavy atom. The number of fused-ring (bicyclic) bond motifs is 1. The van der Waals surface area contributed by atoms with Crippen molar-refractivity contribution in [3.63, 3.8) is 0 Å². The summed E-state index contributed by atoms with van der Waals surface area (Å²) in [6.45, 7) is 6.56. The maximum absolute atomic E-state index is 13.5. The Morgan fingerprint density at radius 2 is 1.76 bits per heavy atom. The van der Waals surface area contributed by atoms with Crippen molar-refractivity contribution in [2.45, 2.75) is 18.7 Å². The van der Waals surface area contributed by atoms with Gasteiger partial charge >= 0.3 is 0 Å². The van der Waals surface area contributed by atoms with E-state index in [2.05, 4.69) is 4.90 Å². The van der Waals surface area contributed by atoms with E-state index in [9.17, 15) is 18.5 Å². The molecule has 0 radical (unpaired) electrons. The van der Waals surface area contributed by atoms with Gasteiger partial charge in [0.05, 0.1) is 10.5 Å². The molecule has 4 rings (SSSR count). The van der Waals surface area contributed by atoms with Gasteiger partial charge < -0.3 is 9.80 Å². The number of hydrogen-bond acceptors (Lipinski definition) is 7. The fraction of sp³-hybridized carbons (Fsp3) is 0.292.